The average Bonchev–Trinajstić information content (AvgIpc) is 2.72. The third kappa shape index (κ3) is 3.97. The van der Waals surface area contributed by atoms with Crippen LogP contribution in [0.25, 0.3) is 17.2 Å². The summed E-state index contributed by atoms with van der Waals surface area (Å²) in [6, 6.07) is 19.9. The van der Waals surface area contributed by atoms with Crippen LogP contribution in [0.4, 0.5) is 4.39 Å². The fraction of sp³-hybridized carbons (Fsp3) is 0.0800. The van der Waals surface area contributed by atoms with Gasteiger partial charge in [-0.3, -0.25) is 4.79 Å². The van der Waals surface area contributed by atoms with Crippen molar-refractivity contribution in [3.05, 3.63) is 106 Å². The van der Waals surface area contributed by atoms with Crippen molar-refractivity contribution in [3.63, 3.8) is 0 Å². The number of halogens is 1. The van der Waals surface area contributed by atoms with Crippen molar-refractivity contribution in [3.8, 4) is 5.75 Å². The van der Waals surface area contributed by atoms with Gasteiger partial charge in [-0.1, -0.05) is 42.5 Å². The molecule has 0 aliphatic heterocycles. The number of rotatable bonds is 4. The third-order valence-corrected chi connectivity index (χ3v) is 5.14. The van der Waals surface area contributed by atoms with Crippen LogP contribution in [0.3, 0.4) is 0 Å². The Hall–Kier alpha value is -3.66. The van der Waals surface area contributed by atoms with Gasteiger partial charge in [0.1, 0.15) is 11.6 Å². The first kappa shape index (κ1) is 18.7. The Bertz CT molecular complexity index is 1130. The number of benzene rings is 3. The quantitative estimate of drug-likeness (QED) is 0.625. The summed E-state index contributed by atoms with van der Waals surface area (Å²) >= 11 is 0. The first-order valence-electron chi connectivity index (χ1n) is 9.40. The first-order chi connectivity index (χ1) is 14.0. The second-order valence-corrected chi connectivity index (χ2v) is 7.06. The van der Waals surface area contributed by atoms with E-state index in [4.69, 9.17) is 5.73 Å². The molecule has 4 heteroatoms. The fourth-order valence-corrected chi connectivity index (χ4v) is 3.79. The summed E-state index contributed by atoms with van der Waals surface area (Å²) < 4.78 is 13.4. The molecular formula is C25H20FNO2. The van der Waals surface area contributed by atoms with Gasteiger partial charge < -0.3 is 10.8 Å². The van der Waals surface area contributed by atoms with Crippen LogP contribution < -0.4 is 5.73 Å². The number of fused-ring (bicyclic) bond motifs is 1. The van der Waals surface area contributed by atoms with Gasteiger partial charge in [-0.25, -0.2) is 4.39 Å². The Labute approximate surface area is 168 Å². The van der Waals surface area contributed by atoms with Crippen LogP contribution in [0.2, 0.25) is 0 Å². The predicted octanol–water partition coefficient (Wildman–Crippen LogP) is 4.94. The summed E-state index contributed by atoms with van der Waals surface area (Å²) in [6.45, 7) is 0. The minimum absolute atomic E-state index is 0.250. The average molecular weight is 385 g/mol. The molecule has 1 aliphatic carbocycles. The molecule has 3 nitrogen and oxygen atoms in total. The monoisotopic (exact) mass is 385 g/mol. The lowest BCUT2D eigenvalue weighted by atomic mass is 9.79. The van der Waals surface area contributed by atoms with Gasteiger partial charge >= 0.3 is 0 Å². The molecule has 1 aliphatic rings. The van der Waals surface area contributed by atoms with Gasteiger partial charge in [-0.15, -0.1) is 0 Å². The fourth-order valence-electron chi connectivity index (χ4n) is 3.79. The highest BCUT2D eigenvalue weighted by Gasteiger charge is 2.22. The zero-order valence-corrected chi connectivity index (χ0v) is 15.7. The number of carbonyl (C=O) groups excluding carboxylic acids is 1. The molecule has 0 aromatic heterocycles. The Morgan fingerprint density at radius 2 is 1.62 bits per heavy atom. The van der Waals surface area contributed by atoms with Gasteiger partial charge in [0.2, 0.25) is 5.91 Å². The van der Waals surface area contributed by atoms with E-state index in [0.29, 0.717) is 0 Å². The number of aromatic hydroxyl groups is 1. The molecule has 29 heavy (non-hydrogen) atoms. The SMILES string of the molecule is NC(=O)C=Cc1ccc(C2=C(c3ccc(F)cc3)CCc3cc(O)ccc32)cc1. The Morgan fingerprint density at radius 1 is 0.931 bits per heavy atom. The van der Waals surface area contributed by atoms with E-state index >= 15 is 0 Å². The van der Waals surface area contributed by atoms with E-state index in [1.165, 1.54) is 18.2 Å². The van der Waals surface area contributed by atoms with Crippen molar-refractivity contribution in [2.75, 3.05) is 0 Å². The van der Waals surface area contributed by atoms with Crippen LogP contribution in [0.5, 0.6) is 5.75 Å². The van der Waals surface area contributed by atoms with E-state index < -0.39 is 5.91 Å². The minimum atomic E-state index is -0.489. The number of hydrogen-bond donors (Lipinski definition) is 2. The molecule has 0 bridgehead atoms. The Kier molecular flexibility index (Phi) is 5.00. The van der Waals surface area contributed by atoms with Gasteiger partial charge in [0, 0.05) is 6.08 Å². The number of nitrogens with two attached hydrogens (primary N) is 1. The van der Waals surface area contributed by atoms with Crippen LogP contribution in [0.1, 0.15) is 34.2 Å². The second-order valence-electron chi connectivity index (χ2n) is 7.06. The van der Waals surface area contributed by atoms with E-state index in [2.05, 4.69) is 0 Å². The summed E-state index contributed by atoms with van der Waals surface area (Å²) in [5.41, 5.74) is 12.4. The summed E-state index contributed by atoms with van der Waals surface area (Å²) in [7, 11) is 0. The molecule has 3 N–H and O–H groups in total. The number of phenols is 1. The van der Waals surface area contributed by atoms with E-state index in [1.807, 2.05) is 30.3 Å². The number of carbonyl (C=O) groups is 1. The zero-order chi connectivity index (χ0) is 20.4. The lowest BCUT2D eigenvalue weighted by Crippen LogP contribution is -2.06. The smallest absolute Gasteiger partial charge is 0.241 e. The maximum Gasteiger partial charge on any atom is 0.241 e. The molecule has 1 amide bonds. The highest BCUT2D eigenvalue weighted by Crippen LogP contribution is 2.41. The minimum Gasteiger partial charge on any atom is -0.508 e. The van der Waals surface area contributed by atoms with E-state index in [1.54, 1.807) is 30.3 Å². The number of phenolic OH excluding ortho intramolecular Hbond substituents is 1. The van der Waals surface area contributed by atoms with Crippen molar-refractivity contribution in [2.24, 2.45) is 5.73 Å². The molecule has 4 rings (SSSR count). The van der Waals surface area contributed by atoms with Crippen molar-refractivity contribution in [1.29, 1.82) is 0 Å². The molecule has 3 aromatic rings. The van der Waals surface area contributed by atoms with Crippen LogP contribution >= 0.6 is 0 Å². The van der Waals surface area contributed by atoms with Crippen LogP contribution in [0, 0.1) is 5.82 Å². The number of primary amides is 1. The van der Waals surface area contributed by atoms with Crippen molar-refractivity contribution in [1.82, 2.24) is 0 Å². The normalized spacial score (nSPS) is 13.6. The van der Waals surface area contributed by atoms with Gasteiger partial charge in [-0.2, -0.15) is 0 Å². The molecule has 0 spiro atoms. The summed E-state index contributed by atoms with van der Waals surface area (Å²) in [5.74, 6) is -0.501. The van der Waals surface area contributed by atoms with Crippen molar-refractivity contribution in [2.45, 2.75) is 12.8 Å². The zero-order valence-electron chi connectivity index (χ0n) is 15.7. The highest BCUT2D eigenvalue weighted by atomic mass is 19.1. The number of hydrogen-bond acceptors (Lipinski definition) is 2. The molecule has 0 atom stereocenters. The van der Waals surface area contributed by atoms with E-state index in [9.17, 15) is 14.3 Å². The maximum atomic E-state index is 13.4. The van der Waals surface area contributed by atoms with Crippen molar-refractivity contribution >= 4 is 23.1 Å². The lowest BCUT2D eigenvalue weighted by molar-refractivity contribution is -0.113. The Balaban J connectivity index is 1.86. The molecule has 0 heterocycles. The van der Waals surface area contributed by atoms with Gasteiger partial charge in [0.05, 0.1) is 0 Å². The van der Waals surface area contributed by atoms with Gasteiger partial charge in [0.25, 0.3) is 0 Å². The number of allylic oxidation sites excluding steroid dienone is 1. The van der Waals surface area contributed by atoms with E-state index in [-0.39, 0.29) is 11.6 Å². The molecule has 144 valence electrons. The number of amides is 1. The topological polar surface area (TPSA) is 63.3 Å². The predicted molar refractivity (Wildman–Crippen MR) is 113 cm³/mol. The second kappa shape index (κ2) is 7.76. The third-order valence-electron chi connectivity index (χ3n) is 5.14. The summed E-state index contributed by atoms with van der Waals surface area (Å²) in [4.78, 5) is 11.0. The molecule has 0 unspecified atom stereocenters. The first-order valence-corrected chi connectivity index (χ1v) is 9.40. The Morgan fingerprint density at radius 3 is 2.31 bits per heavy atom. The molecule has 0 fully saturated rings. The standard InChI is InChI=1S/C25H20FNO2/c26-20-9-6-17(7-10-20)22-12-8-19-15-21(28)11-13-23(19)25(22)18-4-1-16(2-5-18)3-14-24(27)29/h1-7,9-11,13-15,28H,8,12H2,(H2,27,29). The van der Waals surface area contributed by atoms with Gasteiger partial charge in [0.15, 0.2) is 0 Å². The van der Waals surface area contributed by atoms with E-state index in [0.717, 1.165) is 51.8 Å². The van der Waals surface area contributed by atoms with Gasteiger partial charge in [-0.05, 0) is 82.1 Å². The summed E-state index contributed by atoms with van der Waals surface area (Å²) in [5, 5.41) is 9.90. The highest BCUT2D eigenvalue weighted by molar-refractivity contribution is 6.01. The van der Waals surface area contributed by atoms with Crippen LogP contribution in [-0.4, -0.2) is 11.0 Å². The summed E-state index contributed by atoms with van der Waals surface area (Å²) in [6.07, 6.45) is 4.60. The van der Waals surface area contributed by atoms with Crippen LogP contribution in [0.15, 0.2) is 72.8 Å². The largest absolute Gasteiger partial charge is 0.508 e. The maximum absolute atomic E-state index is 13.4. The molecule has 0 saturated carbocycles. The molecule has 0 saturated heterocycles. The number of aryl methyl sites for hydroxylation is 1. The van der Waals surface area contributed by atoms with Crippen molar-refractivity contribution < 1.29 is 14.3 Å². The molecular weight excluding hydrogens is 365 g/mol. The lowest BCUT2D eigenvalue weighted by Gasteiger charge is -2.25. The molecule has 0 radical (unpaired) electrons. The molecule has 3 aromatic carbocycles. The van der Waals surface area contributed by atoms with Crippen LogP contribution in [-0.2, 0) is 11.2 Å².